The van der Waals surface area contributed by atoms with Crippen LogP contribution in [-0.4, -0.2) is 18.1 Å². The van der Waals surface area contributed by atoms with Crippen molar-refractivity contribution in [2.75, 3.05) is 0 Å². The number of nitrogens with one attached hydrogen (secondary N) is 1. The van der Waals surface area contributed by atoms with E-state index in [1.807, 2.05) is 80.6 Å². The van der Waals surface area contributed by atoms with Gasteiger partial charge in [0.05, 0.1) is 6.10 Å². The molecule has 3 aromatic rings. The Hall–Kier alpha value is -3.01. The summed E-state index contributed by atoms with van der Waals surface area (Å²) in [4.78, 5) is 12.3. The number of fused-ring (bicyclic) bond motifs is 1. The fourth-order valence-corrected chi connectivity index (χ4v) is 2.79. The summed E-state index contributed by atoms with van der Waals surface area (Å²) in [6.45, 7) is 6.19. The van der Waals surface area contributed by atoms with Gasteiger partial charge in [0.2, 0.25) is 0 Å². The van der Waals surface area contributed by atoms with E-state index >= 15 is 0 Å². The van der Waals surface area contributed by atoms with Gasteiger partial charge in [-0.2, -0.15) is 0 Å². The average Bonchev–Trinajstić information content (AvgIpc) is 2.66. The van der Waals surface area contributed by atoms with E-state index in [0.29, 0.717) is 12.3 Å². The lowest BCUT2D eigenvalue weighted by atomic mass is 10.1. The minimum Gasteiger partial charge on any atom is -0.491 e. The molecule has 0 fully saturated rings. The standard InChI is InChI=1S/C23H25NO3/c1-16(2)26-21-11-8-18(9-12-21)15-24-23(25)17(3)27-22-13-10-19-6-4-5-7-20(19)14-22/h4-14,16-17H,15H2,1-3H3,(H,24,25)/t17-/m0/s1. The second-order valence-corrected chi connectivity index (χ2v) is 6.80. The number of carbonyl (C=O) groups excluding carboxylic acids is 1. The SMILES string of the molecule is CC(C)Oc1ccc(CNC(=O)[C@H](C)Oc2ccc3ccccc3c2)cc1. The van der Waals surface area contributed by atoms with Gasteiger partial charge in [-0.15, -0.1) is 0 Å². The molecule has 27 heavy (non-hydrogen) atoms. The molecule has 1 amide bonds. The second kappa shape index (κ2) is 8.58. The van der Waals surface area contributed by atoms with Crippen molar-refractivity contribution in [1.82, 2.24) is 5.32 Å². The number of amides is 1. The van der Waals surface area contributed by atoms with Gasteiger partial charge in [-0.05, 0) is 61.4 Å². The Bertz CT molecular complexity index is 903. The predicted molar refractivity (Wildman–Crippen MR) is 108 cm³/mol. The molecule has 0 radical (unpaired) electrons. The van der Waals surface area contributed by atoms with Crippen LogP contribution in [0.3, 0.4) is 0 Å². The van der Waals surface area contributed by atoms with Crippen LogP contribution in [0.4, 0.5) is 0 Å². The topological polar surface area (TPSA) is 47.6 Å². The van der Waals surface area contributed by atoms with Crippen molar-refractivity contribution in [3.8, 4) is 11.5 Å². The summed E-state index contributed by atoms with van der Waals surface area (Å²) in [5.74, 6) is 1.37. The summed E-state index contributed by atoms with van der Waals surface area (Å²) < 4.78 is 11.4. The van der Waals surface area contributed by atoms with Crippen molar-refractivity contribution < 1.29 is 14.3 Å². The quantitative estimate of drug-likeness (QED) is 0.661. The lowest BCUT2D eigenvalue weighted by Crippen LogP contribution is -2.35. The number of rotatable bonds is 7. The van der Waals surface area contributed by atoms with Crippen molar-refractivity contribution in [1.29, 1.82) is 0 Å². The Kier molecular flexibility index (Phi) is 5.97. The van der Waals surface area contributed by atoms with Gasteiger partial charge < -0.3 is 14.8 Å². The van der Waals surface area contributed by atoms with Crippen LogP contribution in [0.25, 0.3) is 10.8 Å². The maximum atomic E-state index is 12.3. The van der Waals surface area contributed by atoms with Crippen LogP contribution in [0, 0.1) is 0 Å². The van der Waals surface area contributed by atoms with Crippen molar-refractivity contribution in [2.45, 2.75) is 39.5 Å². The van der Waals surface area contributed by atoms with Gasteiger partial charge in [0.15, 0.2) is 6.10 Å². The minimum atomic E-state index is -0.574. The maximum Gasteiger partial charge on any atom is 0.261 e. The zero-order valence-corrected chi connectivity index (χ0v) is 15.9. The molecule has 140 valence electrons. The fraction of sp³-hybridized carbons (Fsp3) is 0.261. The van der Waals surface area contributed by atoms with E-state index in [1.165, 1.54) is 0 Å². The first-order valence-corrected chi connectivity index (χ1v) is 9.20. The van der Waals surface area contributed by atoms with E-state index in [0.717, 1.165) is 22.1 Å². The molecule has 1 N–H and O–H groups in total. The average molecular weight is 363 g/mol. The number of benzene rings is 3. The Morgan fingerprint density at radius 1 is 0.852 bits per heavy atom. The second-order valence-electron chi connectivity index (χ2n) is 6.80. The molecule has 0 aromatic heterocycles. The van der Waals surface area contributed by atoms with Crippen LogP contribution < -0.4 is 14.8 Å². The Morgan fingerprint density at radius 2 is 1.52 bits per heavy atom. The van der Waals surface area contributed by atoms with Crippen molar-refractivity contribution in [3.05, 3.63) is 72.3 Å². The zero-order valence-electron chi connectivity index (χ0n) is 15.9. The lowest BCUT2D eigenvalue weighted by Gasteiger charge is -2.15. The molecule has 0 bridgehead atoms. The highest BCUT2D eigenvalue weighted by molar-refractivity contribution is 5.84. The minimum absolute atomic E-state index is 0.142. The first-order valence-electron chi connectivity index (χ1n) is 9.20. The summed E-state index contributed by atoms with van der Waals surface area (Å²) in [5, 5.41) is 5.15. The molecular weight excluding hydrogens is 338 g/mol. The smallest absolute Gasteiger partial charge is 0.261 e. The molecule has 1 atom stereocenters. The Morgan fingerprint density at radius 3 is 2.22 bits per heavy atom. The molecule has 4 heteroatoms. The summed E-state index contributed by atoms with van der Waals surface area (Å²) in [7, 11) is 0. The van der Waals surface area contributed by atoms with Gasteiger partial charge in [0, 0.05) is 6.54 Å². The van der Waals surface area contributed by atoms with Crippen molar-refractivity contribution in [2.24, 2.45) is 0 Å². The molecule has 0 aliphatic rings. The van der Waals surface area contributed by atoms with Crippen LogP contribution in [0.2, 0.25) is 0 Å². The molecule has 0 saturated heterocycles. The highest BCUT2D eigenvalue weighted by Crippen LogP contribution is 2.21. The van der Waals surface area contributed by atoms with Crippen LogP contribution in [-0.2, 0) is 11.3 Å². The summed E-state index contributed by atoms with van der Waals surface area (Å²) in [6.07, 6.45) is -0.432. The van der Waals surface area contributed by atoms with Gasteiger partial charge in [-0.3, -0.25) is 4.79 Å². The largest absolute Gasteiger partial charge is 0.491 e. The van der Waals surface area contributed by atoms with Crippen LogP contribution in [0.1, 0.15) is 26.3 Å². The molecule has 0 saturated carbocycles. The van der Waals surface area contributed by atoms with Gasteiger partial charge in [-0.1, -0.05) is 42.5 Å². The zero-order chi connectivity index (χ0) is 19.2. The Labute approximate surface area is 160 Å². The Balaban J connectivity index is 1.53. The third kappa shape index (κ3) is 5.23. The van der Waals surface area contributed by atoms with Crippen LogP contribution >= 0.6 is 0 Å². The third-order valence-corrected chi connectivity index (χ3v) is 4.16. The molecule has 4 nitrogen and oxygen atoms in total. The highest BCUT2D eigenvalue weighted by Gasteiger charge is 2.14. The molecule has 0 aliphatic carbocycles. The number of hydrogen-bond acceptors (Lipinski definition) is 3. The van der Waals surface area contributed by atoms with Crippen molar-refractivity contribution >= 4 is 16.7 Å². The lowest BCUT2D eigenvalue weighted by molar-refractivity contribution is -0.127. The monoisotopic (exact) mass is 363 g/mol. The van der Waals surface area contributed by atoms with Crippen LogP contribution in [0.15, 0.2) is 66.7 Å². The van der Waals surface area contributed by atoms with Gasteiger partial charge >= 0.3 is 0 Å². The van der Waals surface area contributed by atoms with E-state index < -0.39 is 6.10 Å². The summed E-state index contributed by atoms with van der Waals surface area (Å²) >= 11 is 0. The van der Waals surface area contributed by atoms with E-state index in [1.54, 1.807) is 6.92 Å². The van der Waals surface area contributed by atoms with Crippen LogP contribution in [0.5, 0.6) is 11.5 Å². The molecule has 0 unspecified atom stereocenters. The fourth-order valence-electron chi connectivity index (χ4n) is 2.79. The maximum absolute atomic E-state index is 12.3. The molecule has 0 aliphatic heterocycles. The normalized spacial score (nSPS) is 12.0. The summed E-state index contributed by atoms with van der Waals surface area (Å²) in [5.41, 5.74) is 1.01. The highest BCUT2D eigenvalue weighted by atomic mass is 16.5. The first-order chi connectivity index (χ1) is 13.0. The van der Waals surface area contributed by atoms with Crippen molar-refractivity contribution in [3.63, 3.8) is 0 Å². The molecule has 3 aromatic carbocycles. The summed E-state index contributed by atoms with van der Waals surface area (Å²) in [6, 6.07) is 21.6. The van der Waals surface area contributed by atoms with E-state index in [2.05, 4.69) is 5.32 Å². The van der Waals surface area contributed by atoms with Gasteiger partial charge in [0.25, 0.3) is 5.91 Å². The van der Waals surface area contributed by atoms with E-state index in [4.69, 9.17) is 9.47 Å². The number of hydrogen-bond donors (Lipinski definition) is 1. The van der Waals surface area contributed by atoms with E-state index in [9.17, 15) is 4.79 Å². The molecule has 3 rings (SSSR count). The van der Waals surface area contributed by atoms with Gasteiger partial charge in [0.1, 0.15) is 11.5 Å². The third-order valence-electron chi connectivity index (χ3n) is 4.16. The number of carbonyl (C=O) groups is 1. The molecule has 0 spiro atoms. The number of ether oxygens (including phenoxy) is 2. The van der Waals surface area contributed by atoms with Gasteiger partial charge in [-0.25, -0.2) is 0 Å². The predicted octanol–water partition coefficient (Wildman–Crippen LogP) is 4.71. The molecule has 0 heterocycles. The van der Waals surface area contributed by atoms with E-state index in [-0.39, 0.29) is 12.0 Å². The molecular formula is C23H25NO3. The first kappa shape index (κ1) is 18.8.